The molecule has 2 heterocycles. The number of benzene rings is 2. The van der Waals surface area contributed by atoms with E-state index in [1.165, 1.54) is 12.1 Å². The van der Waals surface area contributed by atoms with Gasteiger partial charge >= 0.3 is 12.1 Å². The molecule has 6 heteroatoms. The zero-order chi connectivity index (χ0) is 17.6. The molecule has 0 unspecified atom stereocenters. The summed E-state index contributed by atoms with van der Waals surface area (Å²) in [6, 6.07) is 12.3. The van der Waals surface area contributed by atoms with E-state index in [1.54, 1.807) is 6.20 Å². The van der Waals surface area contributed by atoms with Crippen LogP contribution >= 0.6 is 0 Å². The fraction of sp³-hybridized carbons (Fsp3) is 0.105. The maximum atomic E-state index is 12.7. The van der Waals surface area contributed by atoms with Crippen molar-refractivity contribution >= 4 is 28.0 Å². The summed E-state index contributed by atoms with van der Waals surface area (Å²) in [5.41, 5.74) is 2.35. The van der Waals surface area contributed by atoms with Gasteiger partial charge in [-0.25, -0.2) is 4.79 Å². The zero-order valence-electron chi connectivity index (χ0n) is 12.9. The Hall–Kier alpha value is -3.02. The molecule has 0 bridgehead atoms. The van der Waals surface area contributed by atoms with Crippen molar-refractivity contribution in [2.24, 2.45) is 0 Å². The molecule has 0 saturated carbocycles. The van der Waals surface area contributed by atoms with Crippen molar-refractivity contribution in [1.29, 1.82) is 0 Å². The molecule has 4 rings (SSSR count). The predicted molar refractivity (Wildman–Crippen MR) is 87.5 cm³/mol. The van der Waals surface area contributed by atoms with Gasteiger partial charge in [-0.1, -0.05) is 30.3 Å². The van der Waals surface area contributed by atoms with E-state index in [9.17, 15) is 18.0 Å². The Labute approximate surface area is 140 Å². The number of carbonyl (C=O) groups is 1. The van der Waals surface area contributed by atoms with Crippen molar-refractivity contribution in [1.82, 2.24) is 4.98 Å². The summed E-state index contributed by atoms with van der Waals surface area (Å²) in [4.78, 5) is 15.3. The average Bonchev–Trinajstić information content (AvgIpc) is 3.17. The van der Waals surface area contributed by atoms with Crippen LogP contribution in [0.25, 0.3) is 22.0 Å². The Morgan fingerprint density at radius 2 is 1.72 bits per heavy atom. The molecule has 25 heavy (non-hydrogen) atoms. The molecular weight excluding hydrogens is 331 g/mol. The largest absolute Gasteiger partial charge is 0.457 e. The first-order valence-electron chi connectivity index (χ1n) is 7.59. The minimum absolute atomic E-state index is 0.0407. The van der Waals surface area contributed by atoms with Crippen LogP contribution in [0.3, 0.4) is 0 Å². The van der Waals surface area contributed by atoms with Gasteiger partial charge in [0.05, 0.1) is 11.1 Å². The first-order valence-corrected chi connectivity index (χ1v) is 7.59. The second kappa shape index (κ2) is 5.51. The lowest BCUT2D eigenvalue weighted by molar-refractivity contribution is -0.137. The van der Waals surface area contributed by atoms with Gasteiger partial charge < -0.3 is 9.72 Å². The molecule has 126 valence electrons. The van der Waals surface area contributed by atoms with E-state index in [-0.39, 0.29) is 6.61 Å². The number of cyclic esters (lactones) is 1. The molecule has 0 saturated heterocycles. The Kier molecular flexibility index (Phi) is 3.42. The highest BCUT2D eigenvalue weighted by molar-refractivity contribution is 6.29. The molecule has 0 spiro atoms. The van der Waals surface area contributed by atoms with Crippen molar-refractivity contribution in [3.63, 3.8) is 0 Å². The number of rotatable bonds is 2. The summed E-state index contributed by atoms with van der Waals surface area (Å²) < 4.78 is 43.4. The normalized spacial score (nSPS) is 15.1. The van der Waals surface area contributed by atoms with Gasteiger partial charge in [0, 0.05) is 28.2 Å². The molecule has 0 aliphatic carbocycles. The van der Waals surface area contributed by atoms with E-state index < -0.39 is 17.7 Å². The van der Waals surface area contributed by atoms with E-state index >= 15 is 0 Å². The van der Waals surface area contributed by atoms with E-state index in [4.69, 9.17) is 4.74 Å². The number of aromatic amines is 1. The molecule has 0 fully saturated rings. The number of H-pyrrole nitrogens is 1. The number of para-hydroxylation sites is 1. The van der Waals surface area contributed by atoms with Crippen molar-refractivity contribution in [2.45, 2.75) is 6.18 Å². The van der Waals surface area contributed by atoms with Gasteiger partial charge in [0.25, 0.3) is 0 Å². The van der Waals surface area contributed by atoms with Crippen LogP contribution in [0.15, 0.2) is 54.7 Å². The first-order chi connectivity index (χ1) is 11.9. The number of halogens is 3. The number of aromatic nitrogens is 1. The molecule has 1 N–H and O–H groups in total. The molecule has 0 radical (unpaired) electrons. The average molecular weight is 343 g/mol. The third-order valence-electron chi connectivity index (χ3n) is 4.27. The molecule has 1 aliphatic heterocycles. The maximum Gasteiger partial charge on any atom is 0.416 e. The highest BCUT2D eigenvalue weighted by Gasteiger charge is 2.32. The van der Waals surface area contributed by atoms with Crippen LogP contribution in [-0.4, -0.2) is 17.6 Å². The number of alkyl halides is 3. The maximum absolute atomic E-state index is 12.7. The standard InChI is InChI=1S/C19H12F3NO2/c20-19(21,22)12-7-5-11(6-8-12)15-10-25-18(24)17(15)14-9-23-16-4-2-1-3-13(14)16/h1-9,23H,10H2. The van der Waals surface area contributed by atoms with Crippen molar-refractivity contribution in [3.05, 3.63) is 71.4 Å². The van der Waals surface area contributed by atoms with Gasteiger partial charge in [-0.15, -0.1) is 0 Å². The van der Waals surface area contributed by atoms with E-state index in [0.717, 1.165) is 23.0 Å². The van der Waals surface area contributed by atoms with Crippen LogP contribution < -0.4 is 0 Å². The minimum Gasteiger partial charge on any atom is -0.457 e. The van der Waals surface area contributed by atoms with Crippen molar-refractivity contribution < 1.29 is 22.7 Å². The third kappa shape index (κ3) is 2.59. The second-order valence-corrected chi connectivity index (χ2v) is 5.75. The summed E-state index contributed by atoms with van der Waals surface area (Å²) in [7, 11) is 0. The Balaban J connectivity index is 1.85. The molecule has 0 atom stereocenters. The van der Waals surface area contributed by atoms with E-state index in [0.29, 0.717) is 22.3 Å². The van der Waals surface area contributed by atoms with Crippen LogP contribution in [0.2, 0.25) is 0 Å². The number of hydrogen-bond acceptors (Lipinski definition) is 2. The number of nitrogens with one attached hydrogen (secondary N) is 1. The lowest BCUT2D eigenvalue weighted by Gasteiger charge is -2.08. The quantitative estimate of drug-likeness (QED) is 0.688. The third-order valence-corrected chi connectivity index (χ3v) is 4.27. The van der Waals surface area contributed by atoms with Crippen LogP contribution in [0.4, 0.5) is 13.2 Å². The van der Waals surface area contributed by atoms with Gasteiger partial charge in [-0.2, -0.15) is 13.2 Å². The van der Waals surface area contributed by atoms with Gasteiger partial charge in [-0.3, -0.25) is 0 Å². The Morgan fingerprint density at radius 3 is 2.44 bits per heavy atom. The highest BCUT2D eigenvalue weighted by Crippen LogP contribution is 2.37. The molecule has 3 nitrogen and oxygen atoms in total. The van der Waals surface area contributed by atoms with E-state index in [2.05, 4.69) is 4.98 Å². The van der Waals surface area contributed by atoms with Gasteiger partial charge in [0.1, 0.15) is 6.61 Å². The number of ether oxygens (including phenoxy) is 1. The minimum atomic E-state index is -4.39. The van der Waals surface area contributed by atoms with Crippen LogP contribution in [0.5, 0.6) is 0 Å². The number of fused-ring (bicyclic) bond motifs is 1. The first kappa shape index (κ1) is 15.5. The lowest BCUT2D eigenvalue weighted by Crippen LogP contribution is -2.04. The smallest absolute Gasteiger partial charge is 0.416 e. The number of hydrogen-bond donors (Lipinski definition) is 1. The fourth-order valence-corrected chi connectivity index (χ4v) is 3.04. The summed E-state index contributed by atoms with van der Waals surface area (Å²) in [5, 5.41) is 0.862. The predicted octanol–water partition coefficient (Wildman–Crippen LogP) is 4.65. The topological polar surface area (TPSA) is 42.1 Å². The van der Waals surface area contributed by atoms with Crippen molar-refractivity contribution in [2.75, 3.05) is 6.61 Å². The van der Waals surface area contributed by atoms with Gasteiger partial charge in [0.2, 0.25) is 0 Å². The van der Waals surface area contributed by atoms with Gasteiger partial charge in [0.15, 0.2) is 0 Å². The Morgan fingerprint density at radius 1 is 1.00 bits per heavy atom. The van der Waals surface area contributed by atoms with Gasteiger partial charge in [-0.05, 0) is 23.8 Å². The molecular formula is C19H12F3NO2. The van der Waals surface area contributed by atoms with Crippen LogP contribution in [0, 0.1) is 0 Å². The summed E-state index contributed by atoms with van der Waals surface area (Å²) in [6.45, 7) is 0.0407. The highest BCUT2D eigenvalue weighted by atomic mass is 19.4. The van der Waals surface area contributed by atoms with Crippen LogP contribution in [-0.2, 0) is 15.7 Å². The molecule has 1 aromatic heterocycles. The SMILES string of the molecule is O=C1OCC(c2ccc(C(F)(F)F)cc2)=C1c1c[nH]c2ccccc12. The molecule has 2 aromatic carbocycles. The molecule has 3 aromatic rings. The second-order valence-electron chi connectivity index (χ2n) is 5.75. The number of esters is 1. The van der Waals surface area contributed by atoms with Crippen molar-refractivity contribution in [3.8, 4) is 0 Å². The summed E-state index contributed by atoms with van der Waals surface area (Å²) in [6.07, 6.45) is -2.68. The fourth-order valence-electron chi connectivity index (χ4n) is 3.04. The van der Waals surface area contributed by atoms with Crippen LogP contribution in [0.1, 0.15) is 16.7 Å². The monoisotopic (exact) mass is 343 g/mol. The summed E-state index contributed by atoms with van der Waals surface area (Å²) in [5.74, 6) is -0.473. The molecule has 1 aliphatic rings. The summed E-state index contributed by atoms with van der Waals surface area (Å²) >= 11 is 0. The lowest BCUT2D eigenvalue weighted by atomic mass is 9.95. The Bertz CT molecular complexity index is 997. The zero-order valence-corrected chi connectivity index (χ0v) is 12.9. The molecule has 0 amide bonds. The number of carbonyl (C=O) groups excluding carboxylic acids is 1. The van der Waals surface area contributed by atoms with E-state index in [1.807, 2.05) is 24.3 Å².